The van der Waals surface area contributed by atoms with Crippen LogP contribution >= 0.6 is 0 Å². The molecule has 0 atom stereocenters. The Morgan fingerprint density at radius 1 is 1.43 bits per heavy atom. The molecule has 1 aliphatic carbocycles. The maximum atomic E-state index is 11.5. The quantitative estimate of drug-likeness (QED) is 0.497. The number of hydrogen-bond acceptors (Lipinski definition) is 3. The molecule has 4 heteroatoms. The Morgan fingerprint density at radius 2 is 2.07 bits per heavy atom. The predicted molar refractivity (Wildman–Crippen MR) is 51.6 cm³/mol. The van der Waals surface area contributed by atoms with Crippen LogP contribution in [-0.4, -0.2) is 37.0 Å². The van der Waals surface area contributed by atoms with Crippen LogP contribution in [-0.2, 0) is 14.3 Å². The van der Waals surface area contributed by atoms with Gasteiger partial charge in [0.1, 0.15) is 0 Å². The molecule has 0 aromatic carbocycles. The molecular formula is C10H17NO3. The van der Waals surface area contributed by atoms with E-state index in [4.69, 9.17) is 0 Å². The lowest BCUT2D eigenvalue weighted by Crippen LogP contribution is -2.39. The molecule has 0 radical (unpaired) electrons. The van der Waals surface area contributed by atoms with Crippen LogP contribution in [0.4, 0.5) is 0 Å². The molecule has 14 heavy (non-hydrogen) atoms. The van der Waals surface area contributed by atoms with Gasteiger partial charge >= 0.3 is 11.9 Å². The summed E-state index contributed by atoms with van der Waals surface area (Å²) in [5.74, 6) is -0.643. The van der Waals surface area contributed by atoms with E-state index in [0.29, 0.717) is 19.0 Å². The number of esters is 1. The summed E-state index contributed by atoms with van der Waals surface area (Å²) in [7, 11) is 1.24. The monoisotopic (exact) mass is 199 g/mol. The number of nitrogens with zero attached hydrogens (tertiary/aromatic N) is 1. The van der Waals surface area contributed by atoms with Crippen molar-refractivity contribution < 1.29 is 14.3 Å². The largest absolute Gasteiger partial charge is 0.462 e. The maximum absolute atomic E-state index is 11.5. The SMILES string of the molecule is CCCN(CC1CC1)C(=O)C(=O)OC. The highest BCUT2D eigenvalue weighted by Gasteiger charge is 2.29. The van der Waals surface area contributed by atoms with E-state index in [1.165, 1.54) is 20.0 Å². The first kappa shape index (κ1) is 11.0. The van der Waals surface area contributed by atoms with Gasteiger partial charge in [0, 0.05) is 13.1 Å². The number of rotatable bonds is 4. The summed E-state index contributed by atoms with van der Waals surface area (Å²) >= 11 is 0. The van der Waals surface area contributed by atoms with Crippen molar-refractivity contribution in [2.75, 3.05) is 20.2 Å². The number of carbonyl (C=O) groups excluding carboxylic acids is 2. The van der Waals surface area contributed by atoms with Crippen LogP contribution in [0.25, 0.3) is 0 Å². The number of carbonyl (C=O) groups is 2. The van der Waals surface area contributed by atoms with Crippen molar-refractivity contribution in [3.05, 3.63) is 0 Å². The lowest BCUT2D eigenvalue weighted by atomic mass is 10.3. The molecule has 0 N–H and O–H groups in total. The Hall–Kier alpha value is -1.06. The molecule has 0 spiro atoms. The normalized spacial score (nSPS) is 15.0. The number of ether oxygens (including phenoxy) is 1. The third kappa shape index (κ3) is 3.01. The standard InChI is InChI=1S/C10H17NO3/c1-3-6-11(7-8-4-5-8)9(12)10(13)14-2/h8H,3-7H2,1-2H3. The third-order valence-corrected chi connectivity index (χ3v) is 2.32. The Kier molecular flexibility index (Phi) is 3.92. The molecular weight excluding hydrogens is 182 g/mol. The van der Waals surface area contributed by atoms with Crippen molar-refractivity contribution in [2.45, 2.75) is 26.2 Å². The summed E-state index contributed by atoms with van der Waals surface area (Å²) in [6.07, 6.45) is 3.22. The smallest absolute Gasteiger partial charge is 0.396 e. The van der Waals surface area contributed by atoms with E-state index in [1.54, 1.807) is 4.90 Å². The summed E-state index contributed by atoms with van der Waals surface area (Å²) in [6, 6.07) is 0. The minimum Gasteiger partial charge on any atom is -0.462 e. The summed E-state index contributed by atoms with van der Waals surface area (Å²) in [5.41, 5.74) is 0. The molecule has 0 aromatic heterocycles. The Labute approximate surface area is 84.2 Å². The summed E-state index contributed by atoms with van der Waals surface area (Å²) in [4.78, 5) is 24.1. The van der Waals surface area contributed by atoms with E-state index in [1.807, 2.05) is 6.92 Å². The molecule has 4 nitrogen and oxygen atoms in total. The van der Waals surface area contributed by atoms with Gasteiger partial charge in [-0.2, -0.15) is 0 Å². The average Bonchev–Trinajstić information content (AvgIpc) is 2.98. The number of hydrogen-bond donors (Lipinski definition) is 0. The molecule has 0 unspecified atom stereocenters. The third-order valence-electron chi connectivity index (χ3n) is 2.32. The second-order valence-corrected chi connectivity index (χ2v) is 3.69. The first-order chi connectivity index (χ1) is 6.69. The van der Waals surface area contributed by atoms with Crippen LogP contribution in [0.5, 0.6) is 0 Å². The highest BCUT2D eigenvalue weighted by molar-refractivity contribution is 6.32. The fourth-order valence-corrected chi connectivity index (χ4v) is 1.37. The molecule has 0 aromatic rings. The van der Waals surface area contributed by atoms with Crippen LogP contribution in [0, 0.1) is 5.92 Å². The lowest BCUT2D eigenvalue weighted by Gasteiger charge is -2.20. The van der Waals surface area contributed by atoms with E-state index in [-0.39, 0.29) is 0 Å². The summed E-state index contributed by atoms with van der Waals surface area (Å²) in [5, 5.41) is 0. The van der Waals surface area contributed by atoms with Gasteiger partial charge in [0.15, 0.2) is 0 Å². The van der Waals surface area contributed by atoms with Crippen molar-refractivity contribution in [1.82, 2.24) is 4.90 Å². The van der Waals surface area contributed by atoms with Crippen LogP contribution in [0.2, 0.25) is 0 Å². The highest BCUT2D eigenvalue weighted by atomic mass is 16.5. The first-order valence-electron chi connectivity index (χ1n) is 5.06. The van der Waals surface area contributed by atoms with Crippen LogP contribution in [0.1, 0.15) is 26.2 Å². The van der Waals surface area contributed by atoms with Crippen LogP contribution in [0.15, 0.2) is 0 Å². The molecule has 0 bridgehead atoms. The van der Waals surface area contributed by atoms with Crippen molar-refractivity contribution in [2.24, 2.45) is 5.92 Å². The Balaban J connectivity index is 2.46. The summed E-state index contributed by atoms with van der Waals surface area (Å²) < 4.78 is 4.41. The second-order valence-electron chi connectivity index (χ2n) is 3.69. The van der Waals surface area contributed by atoms with E-state index >= 15 is 0 Å². The highest BCUT2D eigenvalue weighted by Crippen LogP contribution is 2.29. The zero-order valence-electron chi connectivity index (χ0n) is 8.78. The molecule has 1 fully saturated rings. The lowest BCUT2D eigenvalue weighted by molar-refractivity contribution is -0.158. The molecule has 0 saturated heterocycles. The topological polar surface area (TPSA) is 46.6 Å². The molecule has 80 valence electrons. The van der Waals surface area contributed by atoms with Gasteiger partial charge in [-0.3, -0.25) is 4.79 Å². The Morgan fingerprint density at radius 3 is 2.50 bits per heavy atom. The zero-order valence-corrected chi connectivity index (χ0v) is 8.78. The van der Waals surface area contributed by atoms with Gasteiger partial charge in [-0.25, -0.2) is 4.79 Å². The van der Waals surface area contributed by atoms with Gasteiger partial charge in [0.25, 0.3) is 0 Å². The van der Waals surface area contributed by atoms with Gasteiger partial charge in [-0.1, -0.05) is 6.92 Å². The Bertz CT molecular complexity index is 223. The number of amides is 1. The van der Waals surface area contributed by atoms with Gasteiger partial charge in [-0.05, 0) is 25.2 Å². The first-order valence-corrected chi connectivity index (χ1v) is 5.06. The van der Waals surface area contributed by atoms with E-state index < -0.39 is 11.9 Å². The van der Waals surface area contributed by atoms with Crippen molar-refractivity contribution in [1.29, 1.82) is 0 Å². The minimum absolute atomic E-state index is 0.499. The maximum Gasteiger partial charge on any atom is 0.396 e. The molecule has 0 aliphatic heterocycles. The minimum atomic E-state index is -0.751. The fourth-order valence-electron chi connectivity index (χ4n) is 1.37. The van der Waals surface area contributed by atoms with Gasteiger partial charge in [0.2, 0.25) is 0 Å². The van der Waals surface area contributed by atoms with Crippen LogP contribution in [0.3, 0.4) is 0 Å². The molecule has 1 rings (SSSR count). The van der Waals surface area contributed by atoms with E-state index in [0.717, 1.165) is 6.42 Å². The molecule has 1 amide bonds. The molecule has 1 saturated carbocycles. The number of methoxy groups -OCH3 is 1. The van der Waals surface area contributed by atoms with Gasteiger partial charge in [-0.15, -0.1) is 0 Å². The second kappa shape index (κ2) is 4.98. The van der Waals surface area contributed by atoms with Gasteiger partial charge in [0.05, 0.1) is 7.11 Å². The van der Waals surface area contributed by atoms with Crippen LogP contribution < -0.4 is 0 Å². The van der Waals surface area contributed by atoms with Crippen molar-refractivity contribution >= 4 is 11.9 Å². The average molecular weight is 199 g/mol. The molecule has 0 heterocycles. The van der Waals surface area contributed by atoms with E-state index in [9.17, 15) is 9.59 Å². The zero-order chi connectivity index (χ0) is 10.6. The van der Waals surface area contributed by atoms with Crippen molar-refractivity contribution in [3.8, 4) is 0 Å². The van der Waals surface area contributed by atoms with Gasteiger partial charge < -0.3 is 9.64 Å². The predicted octanol–water partition coefficient (Wildman–Crippen LogP) is 0.808. The van der Waals surface area contributed by atoms with Crippen molar-refractivity contribution in [3.63, 3.8) is 0 Å². The summed E-state index contributed by atoms with van der Waals surface area (Å²) in [6.45, 7) is 3.34. The fraction of sp³-hybridized carbons (Fsp3) is 0.800. The molecule has 1 aliphatic rings. The van der Waals surface area contributed by atoms with E-state index in [2.05, 4.69) is 4.74 Å².